The van der Waals surface area contributed by atoms with Crippen molar-refractivity contribution < 1.29 is 14.7 Å². The molecule has 0 aromatic carbocycles. The Kier molecular flexibility index (Phi) is 6.17. The van der Waals surface area contributed by atoms with Crippen LogP contribution < -0.4 is 5.32 Å². The number of carbonyl (C=O) groups is 2. The van der Waals surface area contributed by atoms with Crippen molar-refractivity contribution in [2.45, 2.75) is 58.2 Å². The average molecular weight is 325 g/mol. The first-order valence-electron chi connectivity index (χ1n) is 8.74. The van der Waals surface area contributed by atoms with Gasteiger partial charge in [-0.15, -0.1) is 0 Å². The van der Waals surface area contributed by atoms with Crippen LogP contribution in [0.25, 0.3) is 0 Å². The first-order valence-corrected chi connectivity index (χ1v) is 8.74. The van der Waals surface area contributed by atoms with Gasteiger partial charge in [0.1, 0.15) is 6.29 Å². The fourth-order valence-corrected chi connectivity index (χ4v) is 3.44. The monoisotopic (exact) mass is 325 g/mol. The minimum absolute atomic E-state index is 0.100. The van der Waals surface area contributed by atoms with Crippen LogP contribution in [-0.4, -0.2) is 78.0 Å². The van der Waals surface area contributed by atoms with Crippen molar-refractivity contribution in [2.75, 3.05) is 32.7 Å². The topological polar surface area (TPSA) is 72.9 Å². The Morgan fingerprint density at radius 2 is 2.13 bits per heavy atom. The van der Waals surface area contributed by atoms with Gasteiger partial charge >= 0.3 is 0 Å². The van der Waals surface area contributed by atoms with Gasteiger partial charge in [-0.1, -0.05) is 13.8 Å². The molecule has 0 aromatic heterocycles. The normalized spacial score (nSPS) is 31.8. The standard InChI is InChI=1S/C17H31N3O3/c1-13-14(12-21)19(10-7-18-13)8-4-5-16(23)20-9-6-17(2,3)15(22)11-20/h12-15,18,22H,4-11H2,1-3H3/t13-,14?,15+/m0/s1. The summed E-state index contributed by atoms with van der Waals surface area (Å²) < 4.78 is 0. The number of piperidine rings is 1. The van der Waals surface area contributed by atoms with E-state index in [2.05, 4.69) is 10.2 Å². The fraction of sp³-hybridized carbons (Fsp3) is 0.882. The average Bonchev–Trinajstić information content (AvgIpc) is 2.50. The number of nitrogens with one attached hydrogen (secondary N) is 1. The Bertz CT molecular complexity index is 427. The second-order valence-corrected chi connectivity index (χ2v) is 7.60. The molecule has 0 spiro atoms. The molecule has 6 heteroatoms. The number of hydrogen-bond donors (Lipinski definition) is 2. The summed E-state index contributed by atoms with van der Waals surface area (Å²) in [6.45, 7) is 9.77. The molecule has 0 aromatic rings. The Morgan fingerprint density at radius 3 is 2.78 bits per heavy atom. The van der Waals surface area contributed by atoms with E-state index in [-0.39, 0.29) is 23.4 Å². The lowest BCUT2D eigenvalue weighted by atomic mass is 9.80. The molecular formula is C17H31N3O3. The van der Waals surface area contributed by atoms with E-state index in [0.29, 0.717) is 13.0 Å². The van der Waals surface area contributed by atoms with E-state index in [1.807, 2.05) is 20.8 Å². The number of carbonyl (C=O) groups excluding carboxylic acids is 2. The molecule has 2 fully saturated rings. The molecule has 3 atom stereocenters. The number of amides is 1. The third-order valence-electron chi connectivity index (χ3n) is 5.45. The lowest BCUT2D eigenvalue weighted by Gasteiger charge is -2.41. The number of nitrogens with zero attached hydrogens (tertiary/aromatic N) is 2. The number of piperazine rings is 1. The van der Waals surface area contributed by atoms with Crippen molar-refractivity contribution in [2.24, 2.45) is 5.41 Å². The molecule has 2 rings (SSSR count). The van der Waals surface area contributed by atoms with Gasteiger partial charge in [0.15, 0.2) is 0 Å². The van der Waals surface area contributed by atoms with Gasteiger partial charge in [-0.05, 0) is 31.7 Å². The fourth-order valence-electron chi connectivity index (χ4n) is 3.44. The maximum absolute atomic E-state index is 12.3. The highest BCUT2D eigenvalue weighted by Crippen LogP contribution is 2.30. The second kappa shape index (κ2) is 7.73. The molecule has 2 N–H and O–H groups in total. The summed E-state index contributed by atoms with van der Waals surface area (Å²) in [5.41, 5.74) is -0.106. The van der Waals surface area contributed by atoms with Crippen LogP contribution in [0.5, 0.6) is 0 Å². The van der Waals surface area contributed by atoms with Crippen molar-refractivity contribution in [3.8, 4) is 0 Å². The van der Waals surface area contributed by atoms with Gasteiger partial charge in [-0.25, -0.2) is 0 Å². The number of aldehydes is 1. The van der Waals surface area contributed by atoms with Crippen molar-refractivity contribution in [3.05, 3.63) is 0 Å². The Labute approximate surface area is 139 Å². The number of rotatable bonds is 5. The zero-order chi connectivity index (χ0) is 17.0. The summed E-state index contributed by atoms with van der Waals surface area (Å²) in [5.74, 6) is 0.116. The molecule has 2 heterocycles. The Hall–Kier alpha value is -0.980. The molecule has 2 aliphatic rings. The first kappa shape index (κ1) is 18.4. The van der Waals surface area contributed by atoms with Crippen LogP contribution in [0.1, 0.15) is 40.0 Å². The molecule has 2 aliphatic heterocycles. The number of aliphatic hydroxyl groups excluding tert-OH is 1. The number of hydrogen-bond acceptors (Lipinski definition) is 5. The SMILES string of the molecule is C[C@@H]1NCCN(CCCC(=O)N2CCC(C)(C)[C@H](O)C2)C1C=O. The van der Waals surface area contributed by atoms with E-state index in [9.17, 15) is 14.7 Å². The molecule has 0 bridgehead atoms. The van der Waals surface area contributed by atoms with E-state index in [1.165, 1.54) is 0 Å². The van der Waals surface area contributed by atoms with E-state index in [4.69, 9.17) is 0 Å². The lowest BCUT2D eigenvalue weighted by molar-refractivity contribution is -0.138. The highest BCUT2D eigenvalue weighted by Gasteiger charge is 2.35. The molecule has 1 unspecified atom stereocenters. The minimum atomic E-state index is -0.450. The van der Waals surface area contributed by atoms with Gasteiger partial charge in [-0.3, -0.25) is 9.69 Å². The zero-order valence-electron chi connectivity index (χ0n) is 14.6. The zero-order valence-corrected chi connectivity index (χ0v) is 14.6. The second-order valence-electron chi connectivity index (χ2n) is 7.60. The van der Waals surface area contributed by atoms with Gasteiger partial charge in [0.05, 0.1) is 12.1 Å². The summed E-state index contributed by atoms with van der Waals surface area (Å²) in [6.07, 6.45) is 2.63. The third kappa shape index (κ3) is 4.52. The summed E-state index contributed by atoms with van der Waals surface area (Å²) in [6, 6.07) is 0.0629. The van der Waals surface area contributed by atoms with Crippen molar-refractivity contribution in [1.82, 2.24) is 15.1 Å². The quantitative estimate of drug-likeness (QED) is 0.709. The maximum atomic E-state index is 12.3. The minimum Gasteiger partial charge on any atom is -0.391 e. The molecule has 6 nitrogen and oxygen atoms in total. The molecule has 0 radical (unpaired) electrons. The molecule has 0 saturated carbocycles. The maximum Gasteiger partial charge on any atom is 0.222 e. The van der Waals surface area contributed by atoms with Crippen LogP contribution >= 0.6 is 0 Å². The molecule has 0 aliphatic carbocycles. The highest BCUT2D eigenvalue weighted by molar-refractivity contribution is 5.76. The Balaban J connectivity index is 1.75. The summed E-state index contributed by atoms with van der Waals surface area (Å²) in [7, 11) is 0. The number of β-amino-alcohol motifs (C(OH)–C–C–N with tert-alkyl or cyclic N) is 1. The van der Waals surface area contributed by atoms with Gasteiger partial charge in [0.2, 0.25) is 5.91 Å². The smallest absolute Gasteiger partial charge is 0.222 e. The van der Waals surface area contributed by atoms with Gasteiger partial charge in [0.25, 0.3) is 0 Å². The highest BCUT2D eigenvalue weighted by atomic mass is 16.3. The van der Waals surface area contributed by atoms with Crippen molar-refractivity contribution in [1.29, 1.82) is 0 Å². The third-order valence-corrected chi connectivity index (χ3v) is 5.45. The van der Waals surface area contributed by atoms with Crippen LogP contribution in [0.15, 0.2) is 0 Å². The van der Waals surface area contributed by atoms with E-state index in [1.54, 1.807) is 4.90 Å². The van der Waals surface area contributed by atoms with Crippen LogP contribution in [0.2, 0.25) is 0 Å². The van der Waals surface area contributed by atoms with Gasteiger partial charge in [0, 0.05) is 38.6 Å². The van der Waals surface area contributed by atoms with E-state index < -0.39 is 6.10 Å². The molecule has 23 heavy (non-hydrogen) atoms. The summed E-state index contributed by atoms with van der Waals surface area (Å²) >= 11 is 0. The first-order chi connectivity index (χ1) is 10.8. The lowest BCUT2D eigenvalue weighted by Crippen LogP contribution is -2.57. The molecule has 1 amide bonds. The number of likely N-dealkylation sites (tertiary alicyclic amines) is 1. The Morgan fingerprint density at radius 1 is 1.39 bits per heavy atom. The molecule has 132 valence electrons. The van der Waals surface area contributed by atoms with Crippen LogP contribution in [0, 0.1) is 5.41 Å². The molecular weight excluding hydrogens is 294 g/mol. The predicted octanol–water partition coefficient (Wildman–Crippen LogP) is 0.247. The molecule has 2 saturated heterocycles. The van der Waals surface area contributed by atoms with Crippen LogP contribution in [0.3, 0.4) is 0 Å². The largest absolute Gasteiger partial charge is 0.391 e. The summed E-state index contributed by atoms with van der Waals surface area (Å²) in [5, 5.41) is 13.4. The van der Waals surface area contributed by atoms with E-state index >= 15 is 0 Å². The van der Waals surface area contributed by atoms with E-state index in [0.717, 1.165) is 45.3 Å². The predicted molar refractivity (Wildman–Crippen MR) is 89.1 cm³/mol. The summed E-state index contributed by atoms with van der Waals surface area (Å²) in [4.78, 5) is 27.5. The van der Waals surface area contributed by atoms with Crippen LogP contribution in [0.4, 0.5) is 0 Å². The van der Waals surface area contributed by atoms with Crippen molar-refractivity contribution in [3.63, 3.8) is 0 Å². The van der Waals surface area contributed by atoms with Gasteiger partial charge < -0.3 is 20.1 Å². The van der Waals surface area contributed by atoms with Gasteiger partial charge in [-0.2, -0.15) is 0 Å². The van der Waals surface area contributed by atoms with Crippen molar-refractivity contribution >= 4 is 12.2 Å². The van der Waals surface area contributed by atoms with Crippen LogP contribution in [-0.2, 0) is 9.59 Å². The number of aliphatic hydroxyl groups is 1.